The number of carbonyl (C=O) groups excluding carboxylic acids is 1. The van der Waals surface area contributed by atoms with Gasteiger partial charge in [0.05, 0.1) is 0 Å². The number of piperazine rings is 1. The van der Waals surface area contributed by atoms with Crippen LogP contribution in [0.1, 0.15) is 29.0 Å². The first-order valence-corrected chi connectivity index (χ1v) is 7.81. The number of amides is 1. The number of hydrogen-bond acceptors (Lipinski definition) is 3. The highest BCUT2D eigenvalue weighted by atomic mass is 35.5. The molecule has 22 heavy (non-hydrogen) atoms. The zero-order valence-electron chi connectivity index (χ0n) is 12.5. The van der Waals surface area contributed by atoms with Gasteiger partial charge in [-0.3, -0.25) is 14.8 Å². The lowest BCUT2D eigenvalue weighted by Crippen LogP contribution is -2.49. The molecule has 0 spiro atoms. The van der Waals surface area contributed by atoms with Crippen molar-refractivity contribution in [2.45, 2.75) is 13.0 Å². The molecular formula is C16H19ClN4O. The van der Waals surface area contributed by atoms with Crippen molar-refractivity contribution in [1.82, 2.24) is 20.0 Å². The second kappa shape index (κ2) is 6.50. The predicted octanol–water partition coefficient (Wildman–Crippen LogP) is 2.58. The van der Waals surface area contributed by atoms with E-state index < -0.39 is 0 Å². The van der Waals surface area contributed by atoms with E-state index in [1.54, 1.807) is 12.3 Å². The monoisotopic (exact) mass is 318 g/mol. The quantitative estimate of drug-likeness (QED) is 0.946. The van der Waals surface area contributed by atoms with Gasteiger partial charge >= 0.3 is 0 Å². The van der Waals surface area contributed by atoms with Crippen molar-refractivity contribution in [2.24, 2.45) is 0 Å². The molecule has 6 heteroatoms. The molecule has 0 radical (unpaired) electrons. The van der Waals surface area contributed by atoms with Crippen molar-refractivity contribution < 1.29 is 4.79 Å². The fourth-order valence-corrected chi connectivity index (χ4v) is 3.16. The summed E-state index contributed by atoms with van der Waals surface area (Å²) in [6.45, 7) is 5.27. The summed E-state index contributed by atoms with van der Waals surface area (Å²) in [6.07, 6.45) is 1.60. The summed E-state index contributed by atoms with van der Waals surface area (Å²) in [7, 11) is 0. The van der Waals surface area contributed by atoms with Crippen LogP contribution in [0.3, 0.4) is 0 Å². The van der Waals surface area contributed by atoms with E-state index in [-0.39, 0.29) is 11.9 Å². The third kappa shape index (κ3) is 3.00. The molecule has 1 aromatic heterocycles. The molecule has 1 fully saturated rings. The maximum Gasteiger partial charge on any atom is 0.271 e. The van der Waals surface area contributed by atoms with Gasteiger partial charge in [0.25, 0.3) is 5.91 Å². The fourth-order valence-electron chi connectivity index (χ4n) is 2.87. The summed E-state index contributed by atoms with van der Waals surface area (Å²) in [4.78, 5) is 16.5. The number of hydrogen-bond donors (Lipinski definition) is 1. The van der Waals surface area contributed by atoms with Gasteiger partial charge in [0.1, 0.15) is 5.69 Å². The van der Waals surface area contributed by atoms with E-state index in [0.29, 0.717) is 18.8 Å². The molecule has 0 bridgehead atoms. The maximum atomic E-state index is 12.3. The van der Waals surface area contributed by atoms with Crippen LogP contribution in [0.2, 0.25) is 5.02 Å². The second-order valence-electron chi connectivity index (χ2n) is 5.50. The van der Waals surface area contributed by atoms with E-state index in [4.69, 9.17) is 11.6 Å². The lowest BCUT2D eigenvalue weighted by Gasteiger charge is -2.38. The van der Waals surface area contributed by atoms with Crippen LogP contribution in [0.15, 0.2) is 36.5 Å². The van der Waals surface area contributed by atoms with E-state index in [1.807, 2.05) is 23.1 Å². The highest BCUT2D eigenvalue weighted by Gasteiger charge is 2.26. The topological polar surface area (TPSA) is 52.2 Å². The molecule has 3 rings (SSSR count). The van der Waals surface area contributed by atoms with E-state index in [1.165, 1.54) is 0 Å². The van der Waals surface area contributed by atoms with Gasteiger partial charge in [-0.15, -0.1) is 0 Å². The molecule has 1 aliphatic heterocycles. The van der Waals surface area contributed by atoms with Crippen LogP contribution in [0.4, 0.5) is 0 Å². The number of aromatic nitrogens is 2. The van der Waals surface area contributed by atoms with E-state index in [9.17, 15) is 4.79 Å². The molecule has 1 amide bonds. The normalized spacial score (nSPS) is 17.5. The van der Waals surface area contributed by atoms with Crippen molar-refractivity contribution in [1.29, 1.82) is 0 Å². The molecule has 5 nitrogen and oxygen atoms in total. The average Bonchev–Trinajstić information content (AvgIpc) is 3.09. The number of aromatic amines is 1. The van der Waals surface area contributed by atoms with Crippen LogP contribution in [0.5, 0.6) is 0 Å². The van der Waals surface area contributed by atoms with Crippen LogP contribution in [-0.4, -0.2) is 52.1 Å². The Hall–Kier alpha value is -1.85. The molecular weight excluding hydrogens is 300 g/mol. The average molecular weight is 319 g/mol. The van der Waals surface area contributed by atoms with Crippen molar-refractivity contribution in [3.8, 4) is 0 Å². The Morgan fingerprint density at radius 2 is 1.95 bits per heavy atom. The molecule has 2 heterocycles. The molecule has 1 saturated heterocycles. The Labute approximate surface area is 134 Å². The summed E-state index contributed by atoms with van der Waals surface area (Å²) < 4.78 is 0. The van der Waals surface area contributed by atoms with Gasteiger partial charge in [0.15, 0.2) is 0 Å². The van der Waals surface area contributed by atoms with Gasteiger partial charge < -0.3 is 4.90 Å². The van der Waals surface area contributed by atoms with Gasteiger partial charge in [0, 0.05) is 43.4 Å². The van der Waals surface area contributed by atoms with Crippen LogP contribution in [0, 0.1) is 0 Å². The summed E-state index contributed by atoms with van der Waals surface area (Å²) in [5, 5.41) is 7.36. The Bertz CT molecular complexity index is 635. The molecule has 1 atom stereocenters. The number of nitrogens with one attached hydrogen (secondary N) is 1. The Kier molecular flexibility index (Phi) is 4.45. The lowest BCUT2D eigenvalue weighted by molar-refractivity contribution is 0.0576. The molecule has 0 aliphatic carbocycles. The molecule has 116 valence electrons. The molecule has 1 N–H and O–H groups in total. The van der Waals surface area contributed by atoms with Crippen molar-refractivity contribution in [3.05, 3.63) is 52.8 Å². The Balaban J connectivity index is 1.62. The Morgan fingerprint density at radius 1 is 1.23 bits per heavy atom. The van der Waals surface area contributed by atoms with Crippen molar-refractivity contribution in [3.63, 3.8) is 0 Å². The van der Waals surface area contributed by atoms with Crippen LogP contribution in [0.25, 0.3) is 0 Å². The third-order valence-electron chi connectivity index (χ3n) is 4.24. The standard InChI is InChI=1S/C16H19ClN4O/c1-12(13-4-2-3-5-14(13)17)20-8-10-21(11-9-20)16(22)15-6-7-18-19-15/h2-7,12H,8-11H2,1H3,(H,18,19)/t12-/m1/s1. The predicted molar refractivity (Wildman–Crippen MR) is 85.9 cm³/mol. The first kappa shape index (κ1) is 15.1. The number of rotatable bonds is 3. The highest BCUT2D eigenvalue weighted by Crippen LogP contribution is 2.27. The van der Waals surface area contributed by atoms with Crippen LogP contribution < -0.4 is 0 Å². The summed E-state index contributed by atoms with van der Waals surface area (Å²) in [6, 6.07) is 9.90. The molecule has 0 unspecified atom stereocenters. The maximum absolute atomic E-state index is 12.3. The lowest BCUT2D eigenvalue weighted by atomic mass is 10.1. The van der Waals surface area contributed by atoms with Gasteiger partial charge in [-0.1, -0.05) is 29.8 Å². The molecule has 1 aromatic carbocycles. The van der Waals surface area contributed by atoms with Gasteiger partial charge in [0.2, 0.25) is 0 Å². The second-order valence-corrected chi connectivity index (χ2v) is 5.90. The number of halogens is 1. The largest absolute Gasteiger partial charge is 0.335 e. The first-order chi connectivity index (χ1) is 10.7. The summed E-state index contributed by atoms with van der Waals surface area (Å²) in [5.41, 5.74) is 1.69. The fraction of sp³-hybridized carbons (Fsp3) is 0.375. The Morgan fingerprint density at radius 3 is 2.59 bits per heavy atom. The number of nitrogens with zero attached hydrogens (tertiary/aromatic N) is 3. The molecule has 1 aliphatic rings. The summed E-state index contributed by atoms with van der Waals surface area (Å²) in [5.74, 6) is 0.0162. The summed E-state index contributed by atoms with van der Waals surface area (Å²) >= 11 is 6.28. The van der Waals surface area contributed by atoms with E-state index in [0.717, 1.165) is 23.7 Å². The van der Waals surface area contributed by atoms with E-state index in [2.05, 4.69) is 28.1 Å². The van der Waals surface area contributed by atoms with E-state index >= 15 is 0 Å². The zero-order valence-corrected chi connectivity index (χ0v) is 13.3. The van der Waals surface area contributed by atoms with Crippen LogP contribution in [-0.2, 0) is 0 Å². The van der Waals surface area contributed by atoms with Crippen molar-refractivity contribution in [2.75, 3.05) is 26.2 Å². The number of carbonyl (C=O) groups is 1. The minimum atomic E-state index is 0.0162. The SMILES string of the molecule is C[C@H](c1ccccc1Cl)N1CCN(C(=O)c2ccn[nH]2)CC1. The smallest absolute Gasteiger partial charge is 0.271 e. The minimum Gasteiger partial charge on any atom is -0.335 e. The van der Waals surface area contributed by atoms with Crippen LogP contribution >= 0.6 is 11.6 Å². The van der Waals surface area contributed by atoms with Crippen molar-refractivity contribution >= 4 is 17.5 Å². The number of H-pyrrole nitrogens is 1. The third-order valence-corrected chi connectivity index (χ3v) is 4.58. The first-order valence-electron chi connectivity index (χ1n) is 7.44. The molecule has 2 aromatic rings. The van der Waals surface area contributed by atoms with Gasteiger partial charge in [-0.25, -0.2) is 0 Å². The zero-order chi connectivity index (χ0) is 15.5. The minimum absolute atomic E-state index is 0.0162. The van der Waals surface area contributed by atoms with Gasteiger partial charge in [-0.2, -0.15) is 5.10 Å². The number of benzene rings is 1. The highest BCUT2D eigenvalue weighted by molar-refractivity contribution is 6.31. The molecule has 0 saturated carbocycles. The van der Waals surface area contributed by atoms with Gasteiger partial charge in [-0.05, 0) is 24.6 Å².